The van der Waals surface area contributed by atoms with Gasteiger partial charge in [-0.1, -0.05) is 5.11 Å². The highest BCUT2D eigenvalue weighted by molar-refractivity contribution is 5.95. The average Bonchev–Trinajstić information content (AvgIpc) is 2.49. The van der Waals surface area contributed by atoms with Gasteiger partial charge in [0.2, 0.25) is 0 Å². The Kier molecular flexibility index (Phi) is 6.49. The van der Waals surface area contributed by atoms with Crippen molar-refractivity contribution in [3.8, 4) is 5.75 Å². The predicted molar refractivity (Wildman–Crippen MR) is 75.2 cm³/mol. The van der Waals surface area contributed by atoms with Crippen molar-refractivity contribution in [1.82, 2.24) is 5.32 Å². The predicted octanol–water partition coefficient (Wildman–Crippen LogP) is 2.42. The number of nitro benzene ring substituents is 1. The molecule has 0 saturated carbocycles. The van der Waals surface area contributed by atoms with E-state index in [2.05, 4.69) is 15.3 Å². The number of amides is 1. The quantitative estimate of drug-likeness (QED) is 0.197. The van der Waals surface area contributed by atoms with E-state index in [1.165, 1.54) is 25.3 Å². The van der Waals surface area contributed by atoms with Crippen LogP contribution < -0.4 is 10.1 Å². The standard InChI is InChI=1S/C12H15N5O4/c1-21-11-5-4-9(8-10(11)17(19)20)12(18)14-6-2-3-7-15-16-13/h4-5,8H,2-3,6-7H2,1H3,(H,14,18). The third-order valence-corrected chi connectivity index (χ3v) is 2.67. The Bertz CT molecular complexity index is 569. The number of nitrogens with one attached hydrogen (secondary N) is 1. The van der Waals surface area contributed by atoms with Crippen molar-refractivity contribution in [3.63, 3.8) is 0 Å². The SMILES string of the molecule is COc1ccc(C(=O)NCCCCN=[N+]=[N-])cc1[N+](=O)[O-]. The molecule has 1 N–H and O–H groups in total. The topological polar surface area (TPSA) is 130 Å². The van der Waals surface area contributed by atoms with Gasteiger partial charge in [-0.05, 0) is 30.5 Å². The number of hydrogen-bond acceptors (Lipinski definition) is 5. The molecule has 0 aliphatic carbocycles. The number of unbranched alkanes of at least 4 members (excludes halogenated alkanes) is 1. The fraction of sp³-hybridized carbons (Fsp3) is 0.417. The first-order chi connectivity index (χ1) is 10.1. The van der Waals surface area contributed by atoms with E-state index in [4.69, 9.17) is 10.3 Å². The van der Waals surface area contributed by atoms with Crippen LogP contribution in [0.15, 0.2) is 23.3 Å². The molecule has 112 valence electrons. The van der Waals surface area contributed by atoms with Gasteiger partial charge in [0, 0.05) is 29.6 Å². The molecular formula is C12H15N5O4. The largest absolute Gasteiger partial charge is 0.490 e. The molecule has 0 saturated heterocycles. The number of benzene rings is 1. The van der Waals surface area contributed by atoms with Gasteiger partial charge in [0.25, 0.3) is 5.91 Å². The van der Waals surface area contributed by atoms with Crippen molar-refractivity contribution < 1.29 is 14.5 Å². The number of methoxy groups -OCH3 is 1. The summed E-state index contributed by atoms with van der Waals surface area (Å²) in [6.45, 7) is 0.778. The lowest BCUT2D eigenvalue weighted by molar-refractivity contribution is -0.385. The summed E-state index contributed by atoms with van der Waals surface area (Å²) in [6, 6.07) is 4.02. The van der Waals surface area contributed by atoms with Crippen molar-refractivity contribution in [2.75, 3.05) is 20.2 Å². The second kappa shape index (κ2) is 8.39. The summed E-state index contributed by atoms with van der Waals surface area (Å²) in [5.41, 5.74) is 8.03. The van der Waals surface area contributed by atoms with Crippen molar-refractivity contribution in [2.24, 2.45) is 5.11 Å². The number of nitro groups is 1. The van der Waals surface area contributed by atoms with Crippen LogP contribution in [-0.4, -0.2) is 31.0 Å². The summed E-state index contributed by atoms with van der Waals surface area (Å²) in [5.74, 6) is -0.296. The van der Waals surface area contributed by atoms with Gasteiger partial charge in [0.15, 0.2) is 5.75 Å². The zero-order valence-electron chi connectivity index (χ0n) is 11.5. The molecule has 1 amide bonds. The van der Waals surface area contributed by atoms with Crippen LogP contribution in [0.3, 0.4) is 0 Å². The summed E-state index contributed by atoms with van der Waals surface area (Å²) in [6.07, 6.45) is 1.32. The first kappa shape index (κ1) is 16.3. The highest BCUT2D eigenvalue weighted by atomic mass is 16.6. The molecule has 9 nitrogen and oxygen atoms in total. The Labute approximate surface area is 120 Å². The number of azide groups is 1. The van der Waals surface area contributed by atoms with E-state index in [0.717, 1.165) is 0 Å². The lowest BCUT2D eigenvalue weighted by Crippen LogP contribution is -2.24. The van der Waals surface area contributed by atoms with Crippen LogP contribution >= 0.6 is 0 Å². The molecule has 9 heteroatoms. The molecule has 1 rings (SSSR count). The van der Waals surface area contributed by atoms with E-state index in [1.807, 2.05) is 0 Å². The maximum Gasteiger partial charge on any atom is 0.311 e. The van der Waals surface area contributed by atoms with Crippen molar-refractivity contribution >= 4 is 11.6 Å². The molecule has 0 aromatic heterocycles. The van der Waals surface area contributed by atoms with Gasteiger partial charge >= 0.3 is 5.69 Å². The molecule has 1 aromatic rings. The molecule has 21 heavy (non-hydrogen) atoms. The molecule has 0 unspecified atom stereocenters. The Morgan fingerprint density at radius 1 is 1.52 bits per heavy atom. The van der Waals surface area contributed by atoms with Gasteiger partial charge in [-0.15, -0.1) is 0 Å². The minimum Gasteiger partial charge on any atom is -0.490 e. The van der Waals surface area contributed by atoms with Crippen molar-refractivity contribution in [2.45, 2.75) is 12.8 Å². The highest BCUT2D eigenvalue weighted by Crippen LogP contribution is 2.27. The molecule has 0 atom stereocenters. The average molecular weight is 293 g/mol. The lowest BCUT2D eigenvalue weighted by atomic mass is 10.1. The monoisotopic (exact) mass is 293 g/mol. The Hall–Kier alpha value is -2.80. The van der Waals surface area contributed by atoms with Crippen molar-refractivity contribution in [1.29, 1.82) is 0 Å². The molecule has 0 fully saturated rings. The summed E-state index contributed by atoms with van der Waals surface area (Å²) >= 11 is 0. The van der Waals surface area contributed by atoms with Crippen LogP contribution in [0.5, 0.6) is 5.75 Å². The van der Waals surface area contributed by atoms with E-state index in [-0.39, 0.29) is 17.0 Å². The van der Waals surface area contributed by atoms with Crippen LogP contribution in [-0.2, 0) is 0 Å². The maximum atomic E-state index is 11.9. The van der Waals surface area contributed by atoms with Gasteiger partial charge in [0.05, 0.1) is 12.0 Å². The van der Waals surface area contributed by atoms with Gasteiger partial charge < -0.3 is 10.1 Å². The summed E-state index contributed by atoms with van der Waals surface area (Å²) in [4.78, 5) is 24.7. The van der Waals surface area contributed by atoms with Crippen LogP contribution in [0.2, 0.25) is 0 Å². The number of rotatable bonds is 8. The second-order valence-electron chi connectivity index (χ2n) is 4.06. The summed E-state index contributed by atoms with van der Waals surface area (Å²) in [5, 5.41) is 16.9. The van der Waals surface area contributed by atoms with E-state index >= 15 is 0 Å². The van der Waals surface area contributed by atoms with E-state index < -0.39 is 10.8 Å². The third-order valence-electron chi connectivity index (χ3n) is 2.67. The summed E-state index contributed by atoms with van der Waals surface area (Å²) < 4.78 is 4.86. The number of hydrogen-bond donors (Lipinski definition) is 1. The third kappa shape index (κ3) is 5.00. The summed E-state index contributed by atoms with van der Waals surface area (Å²) in [7, 11) is 1.33. The zero-order chi connectivity index (χ0) is 15.7. The molecule has 0 spiro atoms. The van der Waals surface area contributed by atoms with Gasteiger partial charge in [-0.3, -0.25) is 14.9 Å². The molecular weight excluding hydrogens is 278 g/mol. The molecule has 0 aliphatic heterocycles. The van der Waals surface area contributed by atoms with E-state index in [9.17, 15) is 14.9 Å². The normalized spacial score (nSPS) is 9.57. The molecule has 0 heterocycles. The molecule has 1 aromatic carbocycles. The Balaban J connectivity index is 2.60. The molecule has 0 bridgehead atoms. The van der Waals surface area contributed by atoms with E-state index in [1.54, 1.807) is 0 Å². The van der Waals surface area contributed by atoms with Crippen LogP contribution in [0.4, 0.5) is 5.69 Å². The number of nitrogens with zero attached hydrogens (tertiary/aromatic N) is 4. The van der Waals surface area contributed by atoms with Gasteiger partial charge in [0.1, 0.15) is 0 Å². The lowest BCUT2D eigenvalue weighted by Gasteiger charge is -2.06. The maximum absolute atomic E-state index is 11.9. The van der Waals surface area contributed by atoms with E-state index in [0.29, 0.717) is 25.9 Å². The molecule has 0 radical (unpaired) electrons. The zero-order valence-corrected chi connectivity index (χ0v) is 11.5. The minimum absolute atomic E-state index is 0.103. The Morgan fingerprint density at radius 2 is 2.29 bits per heavy atom. The fourth-order valence-corrected chi connectivity index (χ4v) is 1.63. The van der Waals surface area contributed by atoms with Gasteiger partial charge in [-0.25, -0.2) is 0 Å². The molecule has 0 aliphatic rings. The number of ether oxygens (including phenoxy) is 1. The minimum atomic E-state index is -0.602. The second-order valence-corrected chi connectivity index (χ2v) is 4.06. The number of carbonyl (C=O) groups excluding carboxylic acids is 1. The highest BCUT2D eigenvalue weighted by Gasteiger charge is 2.17. The van der Waals surface area contributed by atoms with Crippen molar-refractivity contribution in [3.05, 3.63) is 44.3 Å². The Morgan fingerprint density at radius 3 is 2.90 bits per heavy atom. The number of carbonyl (C=O) groups is 1. The van der Waals surface area contributed by atoms with Gasteiger partial charge in [-0.2, -0.15) is 0 Å². The van der Waals surface area contributed by atoms with Crippen LogP contribution in [0.25, 0.3) is 10.4 Å². The smallest absolute Gasteiger partial charge is 0.311 e. The fourth-order valence-electron chi connectivity index (χ4n) is 1.63. The van der Waals surface area contributed by atoms with Crippen LogP contribution in [0.1, 0.15) is 23.2 Å². The van der Waals surface area contributed by atoms with Crippen LogP contribution in [0, 0.1) is 10.1 Å². The first-order valence-corrected chi connectivity index (χ1v) is 6.21. The first-order valence-electron chi connectivity index (χ1n) is 6.21.